The average molecular weight is 302 g/mol. The summed E-state index contributed by atoms with van der Waals surface area (Å²) in [7, 11) is 3.25. The van der Waals surface area contributed by atoms with Crippen LogP contribution in [0.4, 0.5) is 5.69 Å². The average Bonchev–Trinajstić information content (AvgIpc) is 2.57. The Morgan fingerprint density at radius 3 is 2.18 bits per heavy atom. The molecular weight excluding hydrogens is 276 g/mol. The van der Waals surface area contributed by atoms with Crippen LogP contribution in [0.1, 0.15) is 12.5 Å². The van der Waals surface area contributed by atoms with E-state index in [1.165, 1.54) is 11.3 Å². The van der Waals surface area contributed by atoms with Crippen LogP contribution in [0.15, 0.2) is 48.5 Å². The van der Waals surface area contributed by atoms with Crippen molar-refractivity contribution in [1.82, 2.24) is 0 Å². The molecule has 0 amide bonds. The van der Waals surface area contributed by atoms with E-state index in [4.69, 9.17) is 15.2 Å². The van der Waals surface area contributed by atoms with Gasteiger partial charge < -0.3 is 20.5 Å². The number of anilines is 1. The third-order valence-electron chi connectivity index (χ3n) is 3.04. The number of rotatable bonds is 6. The van der Waals surface area contributed by atoms with Gasteiger partial charge in [0.1, 0.15) is 0 Å². The molecule has 4 nitrogen and oxygen atoms in total. The second-order valence-electron chi connectivity index (χ2n) is 4.62. The highest BCUT2D eigenvalue weighted by Gasteiger charge is 2.03. The van der Waals surface area contributed by atoms with Crippen molar-refractivity contribution >= 4 is 5.69 Å². The summed E-state index contributed by atoms with van der Waals surface area (Å²) in [5.74, 6) is 1.51. The number of nitrogens with one attached hydrogen (secondary N) is 1. The number of para-hydroxylation sites is 1. The molecule has 2 aromatic carbocycles. The van der Waals surface area contributed by atoms with E-state index in [1.807, 2.05) is 36.4 Å². The fourth-order valence-electron chi connectivity index (χ4n) is 1.96. The lowest BCUT2D eigenvalue weighted by Crippen LogP contribution is -2.03. The first-order chi connectivity index (χ1) is 10.7. The minimum Gasteiger partial charge on any atom is -0.493 e. The number of methoxy groups -OCH3 is 2. The summed E-state index contributed by atoms with van der Waals surface area (Å²) in [6.45, 7) is 3.73. The first kappa shape index (κ1) is 17.9. The molecule has 0 heterocycles. The van der Waals surface area contributed by atoms with Crippen molar-refractivity contribution in [3.8, 4) is 11.5 Å². The normalized spacial score (nSPS) is 9.45. The number of benzene rings is 2. The molecule has 0 aromatic heterocycles. The quantitative estimate of drug-likeness (QED) is 0.859. The molecule has 120 valence electrons. The Morgan fingerprint density at radius 2 is 1.64 bits per heavy atom. The number of hydrogen-bond donors (Lipinski definition) is 2. The zero-order chi connectivity index (χ0) is 16.2. The van der Waals surface area contributed by atoms with E-state index in [0.29, 0.717) is 6.54 Å². The molecule has 0 saturated heterocycles. The summed E-state index contributed by atoms with van der Waals surface area (Å²) >= 11 is 0. The van der Waals surface area contributed by atoms with E-state index in [2.05, 4.69) is 24.4 Å². The van der Waals surface area contributed by atoms with Crippen LogP contribution in [0, 0.1) is 0 Å². The van der Waals surface area contributed by atoms with E-state index in [-0.39, 0.29) is 0 Å². The Kier molecular flexibility index (Phi) is 8.53. The molecule has 0 bridgehead atoms. The summed E-state index contributed by atoms with van der Waals surface area (Å²) in [6.07, 6.45) is 0.861. The zero-order valence-electron chi connectivity index (χ0n) is 13.6. The van der Waals surface area contributed by atoms with Crippen molar-refractivity contribution in [2.45, 2.75) is 13.3 Å². The van der Waals surface area contributed by atoms with Gasteiger partial charge in [-0.3, -0.25) is 0 Å². The summed E-state index contributed by atoms with van der Waals surface area (Å²) in [6, 6.07) is 16.0. The van der Waals surface area contributed by atoms with Gasteiger partial charge in [0.05, 0.1) is 14.2 Å². The van der Waals surface area contributed by atoms with Crippen LogP contribution in [0.25, 0.3) is 0 Å². The highest BCUT2D eigenvalue weighted by Crippen LogP contribution is 2.27. The first-order valence-electron chi connectivity index (χ1n) is 7.45. The highest BCUT2D eigenvalue weighted by atomic mass is 16.5. The van der Waals surface area contributed by atoms with Crippen LogP contribution in [0.2, 0.25) is 0 Å². The monoisotopic (exact) mass is 302 g/mol. The lowest BCUT2D eigenvalue weighted by Gasteiger charge is -2.08. The van der Waals surface area contributed by atoms with Gasteiger partial charge in [-0.05, 0) is 49.7 Å². The van der Waals surface area contributed by atoms with Crippen molar-refractivity contribution < 1.29 is 9.47 Å². The topological polar surface area (TPSA) is 56.5 Å². The van der Waals surface area contributed by atoms with Crippen molar-refractivity contribution in [3.63, 3.8) is 0 Å². The van der Waals surface area contributed by atoms with Gasteiger partial charge in [-0.2, -0.15) is 0 Å². The molecule has 0 aliphatic carbocycles. The van der Waals surface area contributed by atoms with E-state index >= 15 is 0 Å². The molecule has 22 heavy (non-hydrogen) atoms. The third-order valence-corrected chi connectivity index (χ3v) is 3.04. The predicted octanol–water partition coefficient (Wildman–Crippen LogP) is 3.32. The van der Waals surface area contributed by atoms with Crippen molar-refractivity contribution in [1.29, 1.82) is 0 Å². The summed E-state index contributed by atoms with van der Waals surface area (Å²) in [4.78, 5) is 0. The maximum Gasteiger partial charge on any atom is 0.160 e. The maximum atomic E-state index is 5.45. The smallest absolute Gasteiger partial charge is 0.160 e. The maximum absolute atomic E-state index is 5.45. The predicted molar refractivity (Wildman–Crippen MR) is 92.9 cm³/mol. The summed E-state index contributed by atoms with van der Waals surface area (Å²) in [5.41, 5.74) is 7.81. The molecule has 0 radical (unpaired) electrons. The number of nitrogens with two attached hydrogens (primary N) is 1. The van der Waals surface area contributed by atoms with Gasteiger partial charge in [0, 0.05) is 12.2 Å². The molecule has 0 unspecified atom stereocenters. The first-order valence-corrected chi connectivity index (χ1v) is 7.45. The second kappa shape index (κ2) is 10.5. The molecule has 0 fully saturated rings. The van der Waals surface area contributed by atoms with Crippen LogP contribution >= 0.6 is 0 Å². The Labute approximate surface area is 133 Å². The standard InChI is InChI=1S/C10H15NO2.C8H11N/c1-12-9-4-3-8(5-6-11)7-10(9)13-2;1-2-9-8-6-4-3-5-7-8/h3-4,7H,5-6,11H2,1-2H3;3-7,9H,2H2,1H3. The van der Waals surface area contributed by atoms with Gasteiger partial charge in [-0.25, -0.2) is 0 Å². The molecule has 4 heteroatoms. The molecular formula is C18H26N2O2. The fourth-order valence-corrected chi connectivity index (χ4v) is 1.96. The van der Waals surface area contributed by atoms with Crippen molar-refractivity contribution in [3.05, 3.63) is 54.1 Å². The van der Waals surface area contributed by atoms with Crippen LogP contribution in [0.5, 0.6) is 11.5 Å². The third kappa shape index (κ3) is 6.06. The van der Waals surface area contributed by atoms with Gasteiger partial charge >= 0.3 is 0 Å². The lowest BCUT2D eigenvalue weighted by atomic mass is 10.1. The van der Waals surface area contributed by atoms with E-state index in [9.17, 15) is 0 Å². The van der Waals surface area contributed by atoms with Crippen LogP contribution in [-0.2, 0) is 6.42 Å². The van der Waals surface area contributed by atoms with Crippen molar-refractivity contribution in [2.24, 2.45) is 5.73 Å². The van der Waals surface area contributed by atoms with E-state index < -0.39 is 0 Å². The molecule has 0 atom stereocenters. The molecule has 0 aliphatic rings. The van der Waals surface area contributed by atoms with Gasteiger partial charge in [-0.15, -0.1) is 0 Å². The van der Waals surface area contributed by atoms with E-state index in [1.54, 1.807) is 14.2 Å². The van der Waals surface area contributed by atoms with Crippen LogP contribution in [-0.4, -0.2) is 27.3 Å². The lowest BCUT2D eigenvalue weighted by molar-refractivity contribution is 0.354. The van der Waals surface area contributed by atoms with Crippen LogP contribution in [0.3, 0.4) is 0 Å². The van der Waals surface area contributed by atoms with Gasteiger partial charge in [0.15, 0.2) is 11.5 Å². The molecule has 0 saturated carbocycles. The minimum absolute atomic E-state index is 0.648. The number of ether oxygens (including phenoxy) is 2. The Morgan fingerprint density at radius 1 is 0.955 bits per heavy atom. The van der Waals surface area contributed by atoms with Gasteiger partial charge in [0.25, 0.3) is 0 Å². The molecule has 0 spiro atoms. The Balaban J connectivity index is 0.000000235. The summed E-state index contributed by atoms with van der Waals surface area (Å²) in [5, 5.41) is 3.21. The number of hydrogen-bond acceptors (Lipinski definition) is 4. The summed E-state index contributed by atoms with van der Waals surface area (Å²) < 4.78 is 10.3. The SMILES string of the molecule is CCNc1ccccc1.COc1ccc(CCN)cc1OC. The van der Waals surface area contributed by atoms with Crippen LogP contribution < -0.4 is 20.5 Å². The Bertz CT molecular complexity index is 530. The second-order valence-corrected chi connectivity index (χ2v) is 4.62. The highest BCUT2D eigenvalue weighted by molar-refractivity contribution is 5.43. The largest absolute Gasteiger partial charge is 0.493 e. The Hall–Kier alpha value is -2.20. The van der Waals surface area contributed by atoms with E-state index in [0.717, 1.165) is 24.5 Å². The molecule has 3 N–H and O–H groups in total. The molecule has 2 rings (SSSR count). The van der Waals surface area contributed by atoms with Gasteiger partial charge in [0.2, 0.25) is 0 Å². The molecule has 2 aromatic rings. The zero-order valence-corrected chi connectivity index (χ0v) is 13.6. The van der Waals surface area contributed by atoms with Crippen molar-refractivity contribution in [2.75, 3.05) is 32.6 Å². The van der Waals surface area contributed by atoms with Gasteiger partial charge in [-0.1, -0.05) is 24.3 Å². The molecule has 0 aliphatic heterocycles. The fraction of sp³-hybridized carbons (Fsp3) is 0.333. The minimum atomic E-state index is 0.648.